The van der Waals surface area contributed by atoms with Crippen LogP contribution in [-0.2, 0) is 4.79 Å². The van der Waals surface area contributed by atoms with Gasteiger partial charge < -0.3 is 10.2 Å². The second-order valence-corrected chi connectivity index (χ2v) is 6.76. The first-order chi connectivity index (χ1) is 12.7. The number of hydrogen-bond donors (Lipinski definition) is 1. The molecule has 1 N–H and O–H groups in total. The normalized spacial score (nSPS) is 16.3. The zero-order valence-electron chi connectivity index (χ0n) is 15.6. The molecule has 1 saturated heterocycles. The molecule has 0 aliphatic carbocycles. The Labute approximate surface area is 155 Å². The molecule has 0 spiro atoms. The molecule has 3 rings (SSSR count). The van der Waals surface area contributed by atoms with Crippen LogP contribution in [0, 0.1) is 0 Å². The number of benzene rings is 1. The lowest BCUT2D eigenvalue weighted by Gasteiger charge is -2.34. The van der Waals surface area contributed by atoms with Crippen LogP contribution in [0.25, 0.3) is 0 Å². The van der Waals surface area contributed by atoms with Crippen molar-refractivity contribution in [1.82, 2.24) is 14.9 Å². The SMILES string of the molecule is CC[C@@H](C)c1ccccc1NC(=O)CN1CCN(c2ncccn2)CC1. The van der Waals surface area contributed by atoms with E-state index in [4.69, 9.17) is 0 Å². The first-order valence-electron chi connectivity index (χ1n) is 9.30. The maximum absolute atomic E-state index is 12.5. The lowest BCUT2D eigenvalue weighted by atomic mass is 9.97. The summed E-state index contributed by atoms with van der Waals surface area (Å²) in [5.74, 6) is 1.24. The molecule has 6 nitrogen and oxygen atoms in total. The van der Waals surface area contributed by atoms with E-state index < -0.39 is 0 Å². The van der Waals surface area contributed by atoms with E-state index in [-0.39, 0.29) is 5.91 Å². The zero-order chi connectivity index (χ0) is 18.4. The van der Waals surface area contributed by atoms with Crippen molar-refractivity contribution in [2.45, 2.75) is 26.2 Å². The maximum Gasteiger partial charge on any atom is 0.238 e. The third-order valence-corrected chi connectivity index (χ3v) is 4.95. The minimum absolute atomic E-state index is 0.0464. The van der Waals surface area contributed by atoms with Gasteiger partial charge in [0.25, 0.3) is 0 Å². The summed E-state index contributed by atoms with van der Waals surface area (Å²) < 4.78 is 0. The monoisotopic (exact) mass is 353 g/mol. The summed E-state index contributed by atoms with van der Waals surface area (Å²) in [5, 5.41) is 3.10. The van der Waals surface area contributed by atoms with Crippen molar-refractivity contribution in [2.24, 2.45) is 0 Å². The first kappa shape index (κ1) is 18.3. The number of rotatable bonds is 6. The highest BCUT2D eigenvalue weighted by molar-refractivity contribution is 5.93. The van der Waals surface area contributed by atoms with Gasteiger partial charge in [-0.25, -0.2) is 9.97 Å². The molecular formula is C20H27N5O. The highest BCUT2D eigenvalue weighted by Crippen LogP contribution is 2.26. The van der Waals surface area contributed by atoms with Crippen molar-refractivity contribution in [3.63, 3.8) is 0 Å². The molecule has 2 aromatic rings. The summed E-state index contributed by atoms with van der Waals surface area (Å²) in [7, 11) is 0. The van der Waals surface area contributed by atoms with Crippen molar-refractivity contribution >= 4 is 17.5 Å². The second-order valence-electron chi connectivity index (χ2n) is 6.76. The summed E-state index contributed by atoms with van der Waals surface area (Å²) >= 11 is 0. The van der Waals surface area contributed by atoms with E-state index in [0.29, 0.717) is 12.5 Å². The summed E-state index contributed by atoms with van der Waals surface area (Å²) in [6, 6.07) is 9.91. The first-order valence-corrected chi connectivity index (χ1v) is 9.30. The highest BCUT2D eigenvalue weighted by atomic mass is 16.2. The molecular weight excluding hydrogens is 326 g/mol. The molecule has 0 bridgehead atoms. The number of nitrogens with one attached hydrogen (secondary N) is 1. The maximum atomic E-state index is 12.5. The number of anilines is 2. The molecule has 1 aromatic carbocycles. The fourth-order valence-electron chi connectivity index (χ4n) is 3.21. The van der Waals surface area contributed by atoms with Crippen LogP contribution >= 0.6 is 0 Å². The third kappa shape index (κ3) is 4.58. The van der Waals surface area contributed by atoms with Crippen LogP contribution < -0.4 is 10.2 Å². The Kier molecular flexibility index (Phi) is 6.17. The van der Waals surface area contributed by atoms with Gasteiger partial charge in [-0.3, -0.25) is 9.69 Å². The van der Waals surface area contributed by atoms with E-state index in [1.54, 1.807) is 12.4 Å². The summed E-state index contributed by atoms with van der Waals surface area (Å²) in [5.41, 5.74) is 2.14. The second kappa shape index (κ2) is 8.76. The van der Waals surface area contributed by atoms with Crippen LogP contribution in [0.1, 0.15) is 31.7 Å². The van der Waals surface area contributed by atoms with Gasteiger partial charge in [-0.05, 0) is 30.0 Å². The van der Waals surface area contributed by atoms with Crippen LogP contribution in [0.15, 0.2) is 42.7 Å². The summed E-state index contributed by atoms with van der Waals surface area (Å²) in [6.07, 6.45) is 4.57. The molecule has 6 heteroatoms. The van der Waals surface area contributed by atoms with Gasteiger partial charge in [-0.2, -0.15) is 0 Å². The predicted molar refractivity (Wildman–Crippen MR) is 104 cm³/mol. The largest absolute Gasteiger partial charge is 0.338 e. The summed E-state index contributed by atoms with van der Waals surface area (Å²) in [6.45, 7) is 8.10. The Balaban J connectivity index is 1.52. The smallest absolute Gasteiger partial charge is 0.238 e. The topological polar surface area (TPSA) is 61.4 Å². The van der Waals surface area contributed by atoms with E-state index in [0.717, 1.165) is 44.2 Å². The Bertz CT molecular complexity index is 713. The molecule has 1 atom stereocenters. The standard InChI is InChI=1S/C20H27N5O/c1-3-16(2)17-7-4-5-8-18(17)23-19(26)15-24-11-13-25(14-12-24)20-21-9-6-10-22-20/h4-10,16H,3,11-15H2,1-2H3,(H,23,26)/t16-/m1/s1. The van der Waals surface area contributed by atoms with Crippen LogP contribution in [0.2, 0.25) is 0 Å². The average Bonchev–Trinajstić information content (AvgIpc) is 2.69. The molecule has 1 amide bonds. The van der Waals surface area contributed by atoms with Crippen molar-refractivity contribution in [2.75, 3.05) is 42.9 Å². The Morgan fingerprint density at radius 3 is 2.50 bits per heavy atom. The molecule has 1 aromatic heterocycles. The number of nitrogens with zero attached hydrogens (tertiary/aromatic N) is 4. The van der Waals surface area contributed by atoms with Crippen molar-refractivity contribution in [3.8, 4) is 0 Å². The molecule has 0 saturated carbocycles. The van der Waals surface area contributed by atoms with Crippen LogP contribution in [0.3, 0.4) is 0 Å². The van der Waals surface area contributed by atoms with Gasteiger partial charge in [-0.1, -0.05) is 32.0 Å². The van der Waals surface area contributed by atoms with Gasteiger partial charge in [0.2, 0.25) is 11.9 Å². The van der Waals surface area contributed by atoms with Crippen molar-refractivity contribution < 1.29 is 4.79 Å². The van der Waals surface area contributed by atoms with Gasteiger partial charge >= 0.3 is 0 Å². The molecule has 2 heterocycles. The Morgan fingerprint density at radius 2 is 1.81 bits per heavy atom. The number of aromatic nitrogens is 2. The molecule has 26 heavy (non-hydrogen) atoms. The predicted octanol–water partition coefficient (Wildman–Crippen LogP) is 2.75. The minimum Gasteiger partial charge on any atom is -0.338 e. The van der Waals surface area contributed by atoms with Crippen LogP contribution in [0.5, 0.6) is 0 Å². The zero-order valence-corrected chi connectivity index (χ0v) is 15.6. The number of piperazine rings is 1. The highest BCUT2D eigenvalue weighted by Gasteiger charge is 2.21. The van der Waals surface area contributed by atoms with Gasteiger partial charge in [0.05, 0.1) is 6.54 Å². The van der Waals surface area contributed by atoms with Gasteiger partial charge in [0, 0.05) is 44.3 Å². The van der Waals surface area contributed by atoms with E-state index in [1.165, 1.54) is 5.56 Å². The summed E-state index contributed by atoms with van der Waals surface area (Å²) in [4.78, 5) is 25.4. The van der Waals surface area contributed by atoms with Gasteiger partial charge in [0.15, 0.2) is 0 Å². The number of hydrogen-bond acceptors (Lipinski definition) is 5. The van der Waals surface area contributed by atoms with Crippen LogP contribution in [0.4, 0.5) is 11.6 Å². The number of carbonyl (C=O) groups excluding carboxylic acids is 1. The lowest BCUT2D eigenvalue weighted by molar-refractivity contribution is -0.117. The lowest BCUT2D eigenvalue weighted by Crippen LogP contribution is -2.49. The third-order valence-electron chi connectivity index (χ3n) is 4.95. The molecule has 1 aliphatic rings. The van der Waals surface area contributed by atoms with E-state index in [2.05, 4.69) is 45.0 Å². The van der Waals surface area contributed by atoms with Crippen molar-refractivity contribution in [1.29, 1.82) is 0 Å². The quantitative estimate of drug-likeness (QED) is 0.865. The van der Waals surface area contributed by atoms with E-state index in [9.17, 15) is 4.79 Å². The molecule has 0 unspecified atom stereocenters. The van der Waals surface area contributed by atoms with E-state index in [1.807, 2.05) is 24.3 Å². The van der Waals surface area contributed by atoms with Gasteiger partial charge in [-0.15, -0.1) is 0 Å². The Morgan fingerprint density at radius 1 is 1.12 bits per heavy atom. The number of carbonyl (C=O) groups is 1. The number of para-hydroxylation sites is 1. The number of amides is 1. The van der Waals surface area contributed by atoms with Crippen molar-refractivity contribution in [3.05, 3.63) is 48.3 Å². The Hall–Kier alpha value is -2.47. The molecule has 1 aliphatic heterocycles. The fraction of sp³-hybridized carbons (Fsp3) is 0.450. The molecule has 1 fully saturated rings. The molecule has 138 valence electrons. The van der Waals surface area contributed by atoms with E-state index >= 15 is 0 Å². The average molecular weight is 353 g/mol. The fourth-order valence-corrected chi connectivity index (χ4v) is 3.21. The minimum atomic E-state index is 0.0464. The van der Waals surface area contributed by atoms with Crippen LogP contribution in [-0.4, -0.2) is 53.5 Å². The van der Waals surface area contributed by atoms with Gasteiger partial charge in [0.1, 0.15) is 0 Å². The molecule has 0 radical (unpaired) electrons.